The molecule has 0 radical (unpaired) electrons. The molecule has 0 fully saturated rings. The molecule has 2 N–H and O–H groups in total. The number of fused-ring (bicyclic) bond motifs is 1. The summed E-state index contributed by atoms with van der Waals surface area (Å²) < 4.78 is 4.54. The van der Waals surface area contributed by atoms with Crippen molar-refractivity contribution in [3.8, 4) is 0 Å². The summed E-state index contributed by atoms with van der Waals surface area (Å²) in [6.45, 7) is 0.372. The molecule has 102 valence electrons. The molecular weight excluding hydrogens is 244 g/mol. The van der Waals surface area contributed by atoms with Crippen LogP contribution in [0.2, 0.25) is 0 Å². The number of carbonyl (C=O) groups is 1. The number of H-pyrrole nitrogens is 1. The van der Waals surface area contributed by atoms with Crippen LogP contribution in [0.3, 0.4) is 0 Å². The lowest BCUT2D eigenvalue weighted by molar-refractivity contribution is -0.142. The van der Waals surface area contributed by atoms with Gasteiger partial charge in [0.2, 0.25) is 0 Å². The van der Waals surface area contributed by atoms with Crippen molar-refractivity contribution in [1.29, 1.82) is 0 Å². The van der Waals surface area contributed by atoms with Gasteiger partial charge in [-0.2, -0.15) is 0 Å². The van der Waals surface area contributed by atoms with Crippen LogP contribution in [0.5, 0.6) is 0 Å². The fourth-order valence-corrected chi connectivity index (χ4v) is 2.13. The van der Waals surface area contributed by atoms with Crippen LogP contribution in [0.15, 0.2) is 30.5 Å². The molecule has 5 nitrogen and oxygen atoms in total. The standard InChI is InChI=1S/C14H18N2O3/c1-16(9-10(17)7-14(18)19-2)13-8-15-12-6-4-3-5-11(12)13/h3-6,8,10,15,17H,7,9H2,1-2H3. The van der Waals surface area contributed by atoms with Crippen LogP contribution in [0.25, 0.3) is 10.9 Å². The minimum absolute atomic E-state index is 0.00317. The first kappa shape index (κ1) is 13.4. The van der Waals surface area contributed by atoms with E-state index in [1.165, 1.54) is 7.11 Å². The Labute approximate surface area is 111 Å². The largest absolute Gasteiger partial charge is 0.469 e. The SMILES string of the molecule is COC(=O)CC(O)CN(C)c1c[nH]c2ccccc12. The van der Waals surface area contributed by atoms with Gasteiger partial charge in [-0.05, 0) is 6.07 Å². The Balaban J connectivity index is 2.07. The van der Waals surface area contributed by atoms with Crippen LogP contribution in [0.4, 0.5) is 5.69 Å². The summed E-state index contributed by atoms with van der Waals surface area (Å²) in [5, 5.41) is 10.9. The van der Waals surface area contributed by atoms with Crippen LogP contribution < -0.4 is 4.90 Å². The number of ether oxygens (including phenoxy) is 1. The molecule has 0 aliphatic rings. The molecule has 1 unspecified atom stereocenters. The second-order valence-electron chi connectivity index (χ2n) is 4.53. The van der Waals surface area contributed by atoms with Gasteiger partial charge in [0.15, 0.2) is 0 Å². The molecule has 1 atom stereocenters. The van der Waals surface area contributed by atoms with Gasteiger partial charge in [-0.1, -0.05) is 18.2 Å². The molecule has 2 aromatic rings. The number of nitrogens with one attached hydrogen (secondary N) is 1. The van der Waals surface area contributed by atoms with Crippen LogP contribution in [0, 0.1) is 0 Å². The van der Waals surface area contributed by atoms with Crippen LogP contribution in [-0.4, -0.2) is 42.9 Å². The Morgan fingerprint density at radius 1 is 1.47 bits per heavy atom. The Morgan fingerprint density at radius 2 is 2.21 bits per heavy atom. The molecule has 0 spiro atoms. The lowest BCUT2D eigenvalue weighted by Gasteiger charge is -2.21. The quantitative estimate of drug-likeness (QED) is 0.802. The number of para-hydroxylation sites is 1. The fraction of sp³-hybridized carbons (Fsp3) is 0.357. The number of methoxy groups -OCH3 is 1. The van der Waals surface area contributed by atoms with Crippen molar-refractivity contribution in [3.05, 3.63) is 30.5 Å². The Kier molecular flexibility index (Phi) is 4.06. The van der Waals surface area contributed by atoms with Crippen molar-refractivity contribution in [1.82, 2.24) is 4.98 Å². The Morgan fingerprint density at radius 3 is 2.95 bits per heavy atom. The van der Waals surface area contributed by atoms with Gasteiger partial charge >= 0.3 is 5.97 Å². The number of benzene rings is 1. The zero-order valence-corrected chi connectivity index (χ0v) is 11.1. The Bertz CT molecular complexity index is 565. The summed E-state index contributed by atoms with van der Waals surface area (Å²) in [7, 11) is 3.20. The smallest absolute Gasteiger partial charge is 0.308 e. The summed E-state index contributed by atoms with van der Waals surface area (Å²) in [5.41, 5.74) is 2.05. The van der Waals surface area contributed by atoms with E-state index in [1.54, 1.807) is 0 Å². The van der Waals surface area contributed by atoms with Crippen molar-refractivity contribution in [2.45, 2.75) is 12.5 Å². The third-order valence-electron chi connectivity index (χ3n) is 3.09. The summed E-state index contributed by atoms with van der Waals surface area (Å²) in [6, 6.07) is 7.95. The number of esters is 1. The fourth-order valence-electron chi connectivity index (χ4n) is 2.13. The molecule has 1 aromatic heterocycles. The molecular formula is C14H18N2O3. The van der Waals surface area contributed by atoms with Gasteiger partial charge in [-0.15, -0.1) is 0 Å². The molecule has 5 heteroatoms. The van der Waals surface area contributed by atoms with Crippen molar-refractivity contribution in [2.75, 3.05) is 25.6 Å². The molecule has 19 heavy (non-hydrogen) atoms. The van der Waals surface area contributed by atoms with Gasteiger partial charge in [-0.25, -0.2) is 0 Å². The second-order valence-corrected chi connectivity index (χ2v) is 4.53. The number of aliphatic hydroxyl groups excluding tert-OH is 1. The van der Waals surface area contributed by atoms with Gasteiger partial charge in [-0.3, -0.25) is 4.79 Å². The van der Waals surface area contributed by atoms with Crippen LogP contribution in [0.1, 0.15) is 6.42 Å². The van der Waals surface area contributed by atoms with E-state index in [1.807, 2.05) is 42.4 Å². The number of anilines is 1. The number of hydrogen-bond donors (Lipinski definition) is 2. The lowest BCUT2D eigenvalue weighted by atomic mass is 10.2. The minimum Gasteiger partial charge on any atom is -0.469 e. The molecule has 0 bridgehead atoms. The average Bonchev–Trinajstić information content (AvgIpc) is 2.82. The van der Waals surface area contributed by atoms with E-state index in [2.05, 4.69) is 9.72 Å². The Hall–Kier alpha value is -2.01. The number of rotatable bonds is 5. The highest BCUT2D eigenvalue weighted by Gasteiger charge is 2.15. The zero-order chi connectivity index (χ0) is 13.8. The highest BCUT2D eigenvalue weighted by molar-refractivity contribution is 5.92. The van der Waals surface area contributed by atoms with Crippen molar-refractivity contribution >= 4 is 22.6 Å². The maximum Gasteiger partial charge on any atom is 0.308 e. The highest BCUT2D eigenvalue weighted by Crippen LogP contribution is 2.25. The summed E-state index contributed by atoms with van der Waals surface area (Å²) in [4.78, 5) is 16.2. The molecule has 0 saturated heterocycles. The second kappa shape index (κ2) is 5.75. The van der Waals surface area contributed by atoms with E-state index >= 15 is 0 Å². The normalized spacial score (nSPS) is 12.4. The van der Waals surface area contributed by atoms with Gasteiger partial charge in [0.25, 0.3) is 0 Å². The minimum atomic E-state index is -0.744. The van der Waals surface area contributed by atoms with Gasteiger partial charge in [0.05, 0.1) is 25.3 Å². The molecule has 0 aliphatic heterocycles. The molecule has 2 rings (SSSR count). The topological polar surface area (TPSA) is 65.6 Å². The van der Waals surface area contributed by atoms with E-state index < -0.39 is 12.1 Å². The summed E-state index contributed by atoms with van der Waals surface area (Å²) in [5.74, 6) is -0.403. The first-order valence-electron chi connectivity index (χ1n) is 6.14. The number of likely N-dealkylation sites (N-methyl/N-ethyl adjacent to an activating group) is 1. The van der Waals surface area contributed by atoms with Crippen molar-refractivity contribution < 1.29 is 14.6 Å². The van der Waals surface area contributed by atoms with E-state index in [4.69, 9.17) is 0 Å². The molecule has 0 aliphatic carbocycles. The average molecular weight is 262 g/mol. The number of aromatic amines is 1. The number of aliphatic hydroxyl groups is 1. The first-order valence-corrected chi connectivity index (χ1v) is 6.14. The van der Waals surface area contributed by atoms with E-state index in [-0.39, 0.29) is 6.42 Å². The molecule has 1 heterocycles. The zero-order valence-electron chi connectivity index (χ0n) is 11.1. The predicted molar refractivity (Wildman–Crippen MR) is 74.2 cm³/mol. The summed E-state index contributed by atoms with van der Waals surface area (Å²) >= 11 is 0. The maximum atomic E-state index is 11.1. The van der Waals surface area contributed by atoms with Crippen LogP contribution in [-0.2, 0) is 9.53 Å². The van der Waals surface area contributed by atoms with Crippen molar-refractivity contribution in [3.63, 3.8) is 0 Å². The summed E-state index contributed by atoms with van der Waals surface area (Å²) in [6.07, 6.45) is 1.16. The van der Waals surface area contributed by atoms with Gasteiger partial charge < -0.3 is 19.7 Å². The van der Waals surface area contributed by atoms with Gasteiger partial charge in [0.1, 0.15) is 0 Å². The monoisotopic (exact) mass is 262 g/mol. The van der Waals surface area contributed by atoms with E-state index in [9.17, 15) is 9.90 Å². The molecule has 1 aromatic carbocycles. The third-order valence-corrected chi connectivity index (χ3v) is 3.09. The van der Waals surface area contributed by atoms with Gasteiger partial charge in [0, 0.05) is 30.7 Å². The highest BCUT2D eigenvalue weighted by atomic mass is 16.5. The number of aromatic nitrogens is 1. The number of nitrogens with zero attached hydrogens (tertiary/aromatic N) is 1. The van der Waals surface area contributed by atoms with Crippen LogP contribution >= 0.6 is 0 Å². The van der Waals surface area contributed by atoms with Crippen molar-refractivity contribution in [2.24, 2.45) is 0 Å². The third kappa shape index (κ3) is 3.06. The van der Waals surface area contributed by atoms with E-state index in [0.29, 0.717) is 6.54 Å². The predicted octanol–water partition coefficient (Wildman–Crippen LogP) is 1.53. The molecule has 0 amide bonds. The van der Waals surface area contributed by atoms with E-state index in [0.717, 1.165) is 16.6 Å². The number of carbonyl (C=O) groups excluding carboxylic acids is 1. The lowest BCUT2D eigenvalue weighted by Crippen LogP contribution is -2.30. The number of hydrogen-bond acceptors (Lipinski definition) is 4. The first-order chi connectivity index (χ1) is 9.11. The maximum absolute atomic E-state index is 11.1. The molecule has 0 saturated carbocycles.